The number of nitrogens with one attached hydrogen (secondary N) is 2. The van der Waals surface area contributed by atoms with Gasteiger partial charge in [0.25, 0.3) is 0 Å². The van der Waals surface area contributed by atoms with Crippen LogP contribution in [-0.4, -0.2) is 29.4 Å². The highest BCUT2D eigenvalue weighted by molar-refractivity contribution is 5.82. The SMILES string of the molecule is C=CCN(Cc1ccccc1F)C(=O)C1CC(CC(C)C)NN1. The van der Waals surface area contributed by atoms with Crippen LogP contribution in [0.15, 0.2) is 36.9 Å². The van der Waals surface area contributed by atoms with Crippen LogP contribution in [-0.2, 0) is 11.3 Å². The van der Waals surface area contributed by atoms with Crippen LogP contribution in [0.2, 0.25) is 0 Å². The van der Waals surface area contributed by atoms with Gasteiger partial charge >= 0.3 is 0 Å². The maximum atomic E-state index is 13.8. The second-order valence-corrected chi connectivity index (χ2v) is 6.50. The number of benzene rings is 1. The minimum atomic E-state index is -0.287. The summed E-state index contributed by atoms with van der Waals surface area (Å²) in [5, 5.41) is 0. The Morgan fingerprint density at radius 2 is 2.17 bits per heavy atom. The van der Waals surface area contributed by atoms with E-state index >= 15 is 0 Å². The summed E-state index contributed by atoms with van der Waals surface area (Å²) in [5.74, 6) is 0.266. The summed E-state index contributed by atoms with van der Waals surface area (Å²) in [5.41, 5.74) is 6.80. The van der Waals surface area contributed by atoms with E-state index in [-0.39, 0.29) is 24.3 Å². The number of carbonyl (C=O) groups excluding carboxylic acids is 1. The van der Waals surface area contributed by atoms with Crippen LogP contribution in [0.5, 0.6) is 0 Å². The summed E-state index contributed by atoms with van der Waals surface area (Å²) in [7, 11) is 0. The van der Waals surface area contributed by atoms with Crippen molar-refractivity contribution in [3.8, 4) is 0 Å². The Bertz CT molecular complexity index is 547. The Kier molecular flexibility index (Phi) is 6.30. The predicted molar refractivity (Wildman–Crippen MR) is 89.9 cm³/mol. The molecule has 126 valence electrons. The molecule has 0 aliphatic carbocycles. The van der Waals surface area contributed by atoms with Crippen LogP contribution in [0.4, 0.5) is 4.39 Å². The quantitative estimate of drug-likeness (QED) is 0.759. The molecule has 1 aromatic carbocycles. The Balaban J connectivity index is 2.01. The lowest BCUT2D eigenvalue weighted by Crippen LogP contribution is -2.45. The number of carbonyl (C=O) groups is 1. The van der Waals surface area contributed by atoms with Gasteiger partial charge in [-0.05, 0) is 24.8 Å². The fourth-order valence-electron chi connectivity index (χ4n) is 2.95. The number of rotatable bonds is 7. The lowest BCUT2D eigenvalue weighted by molar-refractivity contribution is -0.133. The summed E-state index contributed by atoms with van der Waals surface area (Å²) in [6.07, 6.45) is 3.44. The van der Waals surface area contributed by atoms with E-state index in [4.69, 9.17) is 0 Å². The minimum Gasteiger partial charge on any atom is -0.333 e. The fraction of sp³-hybridized carbons (Fsp3) is 0.500. The largest absolute Gasteiger partial charge is 0.333 e. The molecule has 2 N–H and O–H groups in total. The molecule has 0 saturated carbocycles. The van der Waals surface area contributed by atoms with E-state index in [2.05, 4.69) is 31.3 Å². The molecule has 1 saturated heterocycles. The van der Waals surface area contributed by atoms with Crippen molar-refractivity contribution >= 4 is 5.91 Å². The molecule has 0 aromatic heterocycles. The molecule has 4 nitrogen and oxygen atoms in total. The van der Waals surface area contributed by atoms with Crippen molar-refractivity contribution < 1.29 is 9.18 Å². The summed E-state index contributed by atoms with van der Waals surface area (Å²) in [4.78, 5) is 14.4. The van der Waals surface area contributed by atoms with Gasteiger partial charge in [-0.1, -0.05) is 38.1 Å². The molecule has 5 heteroatoms. The number of hydrogen-bond acceptors (Lipinski definition) is 3. The van der Waals surface area contributed by atoms with Gasteiger partial charge in [0, 0.05) is 24.7 Å². The third-order valence-corrected chi connectivity index (χ3v) is 4.02. The van der Waals surface area contributed by atoms with E-state index in [0.29, 0.717) is 24.1 Å². The molecule has 1 heterocycles. The molecule has 1 amide bonds. The maximum Gasteiger partial charge on any atom is 0.241 e. The Hall–Kier alpha value is -1.72. The highest BCUT2D eigenvalue weighted by Crippen LogP contribution is 2.17. The first-order chi connectivity index (χ1) is 11.0. The average molecular weight is 319 g/mol. The van der Waals surface area contributed by atoms with E-state index in [1.54, 1.807) is 29.2 Å². The molecule has 1 aliphatic rings. The van der Waals surface area contributed by atoms with Crippen LogP contribution in [0.25, 0.3) is 0 Å². The summed E-state index contributed by atoms with van der Waals surface area (Å²) in [6, 6.07) is 6.58. The molecular formula is C18H26FN3O. The Labute approximate surface area is 137 Å². The molecule has 2 atom stereocenters. The lowest BCUT2D eigenvalue weighted by atomic mass is 9.99. The molecule has 0 bridgehead atoms. The number of hydrogen-bond donors (Lipinski definition) is 2. The fourth-order valence-corrected chi connectivity index (χ4v) is 2.95. The van der Waals surface area contributed by atoms with E-state index in [1.165, 1.54) is 6.07 Å². The summed E-state index contributed by atoms with van der Waals surface area (Å²) in [6.45, 7) is 8.69. The normalized spacial score (nSPS) is 20.7. The highest BCUT2D eigenvalue weighted by atomic mass is 19.1. The van der Waals surface area contributed by atoms with Crippen LogP contribution in [0, 0.1) is 11.7 Å². The lowest BCUT2D eigenvalue weighted by Gasteiger charge is -2.24. The molecule has 1 aliphatic heterocycles. The van der Waals surface area contributed by atoms with Gasteiger partial charge < -0.3 is 4.90 Å². The molecular weight excluding hydrogens is 293 g/mol. The summed E-state index contributed by atoms with van der Waals surface area (Å²) >= 11 is 0. The Morgan fingerprint density at radius 3 is 2.83 bits per heavy atom. The zero-order valence-corrected chi connectivity index (χ0v) is 13.9. The van der Waals surface area contributed by atoms with Gasteiger partial charge in [-0.15, -0.1) is 6.58 Å². The van der Waals surface area contributed by atoms with Gasteiger partial charge in [0.2, 0.25) is 5.91 Å². The van der Waals surface area contributed by atoms with Gasteiger partial charge in [0.15, 0.2) is 0 Å². The number of halogens is 1. The van der Waals surface area contributed by atoms with E-state index in [9.17, 15) is 9.18 Å². The Morgan fingerprint density at radius 1 is 1.43 bits per heavy atom. The zero-order chi connectivity index (χ0) is 16.8. The first-order valence-electron chi connectivity index (χ1n) is 8.15. The van der Waals surface area contributed by atoms with Crippen molar-refractivity contribution in [3.63, 3.8) is 0 Å². The number of amides is 1. The van der Waals surface area contributed by atoms with E-state index in [0.717, 1.165) is 12.8 Å². The van der Waals surface area contributed by atoms with Crippen molar-refractivity contribution in [2.45, 2.75) is 45.3 Å². The predicted octanol–water partition coefficient (Wildman–Crippen LogP) is 2.62. The third kappa shape index (κ3) is 4.88. The van der Waals surface area contributed by atoms with Crippen molar-refractivity contribution in [1.29, 1.82) is 0 Å². The molecule has 23 heavy (non-hydrogen) atoms. The first kappa shape index (κ1) is 17.6. The number of hydrazine groups is 1. The van der Waals surface area contributed by atoms with Crippen LogP contribution in [0.3, 0.4) is 0 Å². The molecule has 1 fully saturated rings. The standard InChI is InChI=1S/C18H26FN3O/c1-4-9-22(12-14-7-5-6-8-16(14)19)18(23)17-11-15(20-21-17)10-13(2)3/h4-8,13,15,17,20-21H,1,9-12H2,2-3H3. The maximum absolute atomic E-state index is 13.8. The van der Waals surface area contributed by atoms with Gasteiger partial charge in [-0.25, -0.2) is 9.82 Å². The zero-order valence-electron chi connectivity index (χ0n) is 13.9. The van der Waals surface area contributed by atoms with Crippen molar-refractivity contribution in [2.24, 2.45) is 5.92 Å². The van der Waals surface area contributed by atoms with Crippen LogP contribution in [0.1, 0.15) is 32.3 Å². The van der Waals surface area contributed by atoms with Gasteiger partial charge in [-0.3, -0.25) is 10.2 Å². The smallest absolute Gasteiger partial charge is 0.241 e. The highest BCUT2D eigenvalue weighted by Gasteiger charge is 2.32. The van der Waals surface area contributed by atoms with Crippen molar-refractivity contribution in [2.75, 3.05) is 6.54 Å². The first-order valence-corrected chi connectivity index (χ1v) is 8.15. The molecule has 0 radical (unpaired) electrons. The second-order valence-electron chi connectivity index (χ2n) is 6.50. The van der Waals surface area contributed by atoms with Crippen LogP contribution >= 0.6 is 0 Å². The number of nitrogens with zero attached hydrogens (tertiary/aromatic N) is 1. The van der Waals surface area contributed by atoms with E-state index in [1.807, 2.05) is 0 Å². The van der Waals surface area contributed by atoms with Gasteiger partial charge in [-0.2, -0.15) is 0 Å². The summed E-state index contributed by atoms with van der Waals surface area (Å²) < 4.78 is 13.8. The van der Waals surface area contributed by atoms with Crippen molar-refractivity contribution in [3.05, 3.63) is 48.3 Å². The molecule has 0 spiro atoms. The molecule has 2 unspecified atom stereocenters. The average Bonchev–Trinajstić information content (AvgIpc) is 2.96. The van der Waals surface area contributed by atoms with Crippen molar-refractivity contribution in [1.82, 2.24) is 15.8 Å². The topological polar surface area (TPSA) is 44.4 Å². The third-order valence-electron chi connectivity index (χ3n) is 4.02. The van der Waals surface area contributed by atoms with Gasteiger partial charge in [0.1, 0.15) is 11.9 Å². The molecule has 1 aromatic rings. The second kappa shape index (κ2) is 8.22. The van der Waals surface area contributed by atoms with Gasteiger partial charge in [0.05, 0.1) is 0 Å². The van der Waals surface area contributed by atoms with E-state index < -0.39 is 0 Å². The minimum absolute atomic E-state index is 0.0214. The van der Waals surface area contributed by atoms with Crippen LogP contribution < -0.4 is 10.9 Å². The molecule has 2 rings (SSSR count). The monoisotopic (exact) mass is 319 g/mol.